The molecule has 0 unspecified atom stereocenters. The molecule has 21 heavy (non-hydrogen) atoms. The molecule has 0 radical (unpaired) electrons. The lowest BCUT2D eigenvalue weighted by atomic mass is 10.2. The minimum atomic E-state index is 0.0774. The highest BCUT2D eigenvalue weighted by Gasteiger charge is 2.23. The van der Waals surface area contributed by atoms with Crippen molar-refractivity contribution in [3.8, 4) is 0 Å². The monoisotopic (exact) mass is 372 g/mol. The molecule has 2 heterocycles. The second-order valence-electron chi connectivity index (χ2n) is 5.23. The smallest absolute Gasteiger partial charge is 0.264 e. The molecule has 0 bridgehead atoms. The van der Waals surface area contributed by atoms with Gasteiger partial charge in [0.2, 0.25) is 5.91 Å². The first kappa shape index (κ1) is 16.5. The summed E-state index contributed by atoms with van der Waals surface area (Å²) in [5.74, 6) is 0.304. The van der Waals surface area contributed by atoms with Crippen LogP contribution in [0.2, 0.25) is 0 Å². The maximum absolute atomic E-state index is 12.4. The van der Waals surface area contributed by atoms with E-state index >= 15 is 0 Å². The van der Waals surface area contributed by atoms with Crippen LogP contribution < -0.4 is 0 Å². The van der Waals surface area contributed by atoms with Crippen molar-refractivity contribution in [3.63, 3.8) is 0 Å². The number of thiophene rings is 1. The Hall–Kier alpha value is -0.880. The molecule has 6 heteroatoms. The fourth-order valence-electron chi connectivity index (χ4n) is 2.44. The zero-order valence-electron chi connectivity index (χ0n) is 12.3. The summed E-state index contributed by atoms with van der Waals surface area (Å²) in [6.07, 6.45) is 3.47. The van der Waals surface area contributed by atoms with Crippen LogP contribution in [-0.4, -0.2) is 47.8 Å². The summed E-state index contributed by atoms with van der Waals surface area (Å²) in [4.78, 5) is 29.0. The third kappa shape index (κ3) is 4.54. The normalized spacial score (nSPS) is 15.9. The average Bonchev–Trinajstić information content (AvgIpc) is 2.76. The van der Waals surface area contributed by atoms with Crippen molar-refractivity contribution in [2.75, 3.05) is 26.2 Å². The zero-order chi connectivity index (χ0) is 15.2. The molecule has 116 valence electrons. The van der Waals surface area contributed by atoms with Gasteiger partial charge in [0.1, 0.15) is 0 Å². The average molecular weight is 373 g/mol. The standard InChI is InChI=1S/C15H21BrN2O2S/c1-2-3-5-14(19)17-8-4-9-18(11-10-17)15(20)12-6-7-13(16)21-12/h6-7H,2-5,8-11H2,1H3. The third-order valence-corrected chi connectivity index (χ3v) is 5.28. The Bertz CT molecular complexity index is 504. The molecule has 2 amide bonds. The van der Waals surface area contributed by atoms with Gasteiger partial charge in [0.25, 0.3) is 5.91 Å². The van der Waals surface area contributed by atoms with Crippen molar-refractivity contribution in [2.45, 2.75) is 32.6 Å². The van der Waals surface area contributed by atoms with E-state index in [9.17, 15) is 9.59 Å². The molecule has 1 saturated heterocycles. The molecular weight excluding hydrogens is 352 g/mol. The summed E-state index contributed by atoms with van der Waals surface area (Å²) in [5.41, 5.74) is 0. The highest BCUT2D eigenvalue weighted by atomic mass is 79.9. The fourth-order valence-corrected chi connectivity index (χ4v) is 3.80. The van der Waals surface area contributed by atoms with Crippen LogP contribution in [-0.2, 0) is 4.79 Å². The molecule has 2 rings (SSSR count). The molecule has 0 saturated carbocycles. The van der Waals surface area contributed by atoms with Crippen molar-refractivity contribution in [1.29, 1.82) is 0 Å². The summed E-state index contributed by atoms with van der Waals surface area (Å²) in [6, 6.07) is 3.75. The van der Waals surface area contributed by atoms with E-state index in [0.717, 1.165) is 41.0 Å². The van der Waals surface area contributed by atoms with E-state index in [1.165, 1.54) is 11.3 Å². The van der Waals surface area contributed by atoms with Crippen LogP contribution >= 0.6 is 27.3 Å². The summed E-state index contributed by atoms with van der Waals surface area (Å²) in [6.45, 7) is 4.87. The van der Waals surface area contributed by atoms with E-state index in [1.807, 2.05) is 21.9 Å². The largest absolute Gasteiger partial charge is 0.341 e. The number of carbonyl (C=O) groups excluding carboxylic acids is 2. The minimum absolute atomic E-state index is 0.0774. The molecule has 0 atom stereocenters. The number of rotatable bonds is 4. The lowest BCUT2D eigenvalue weighted by Crippen LogP contribution is -2.37. The number of carbonyl (C=O) groups is 2. The van der Waals surface area contributed by atoms with Gasteiger partial charge in [-0.25, -0.2) is 0 Å². The highest BCUT2D eigenvalue weighted by molar-refractivity contribution is 9.11. The second-order valence-corrected chi connectivity index (χ2v) is 7.70. The number of hydrogen-bond donors (Lipinski definition) is 0. The molecule has 0 aromatic carbocycles. The van der Waals surface area contributed by atoms with E-state index in [-0.39, 0.29) is 11.8 Å². The van der Waals surface area contributed by atoms with Crippen LogP contribution in [0.1, 0.15) is 42.3 Å². The van der Waals surface area contributed by atoms with E-state index in [2.05, 4.69) is 22.9 Å². The second kappa shape index (κ2) is 7.94. The minimum Gasteiger partial charge on any atom is -0.341 e. The Balaban J connectivity index is 1.91. The van der Waals surface area contributed by atoms with Crippen molar-refractivity contribution in [3.05, 3.63) is 20.8 Å². The Morgan fingerprint density at radius 3 is 2.57 bits per heavy atom. The van der Waals surface area contributed by atoms with Crippen LogP contribution in [0.5, 0.6) is 0 Å². The van der Waals surface area contributed by atoms with E-state index in [0.29, 0.717) is 19.5 Å². The lowest BCUT2D eigenvalue weighted by molar-refractivity contribution is -0.131. The van der Waals surface area contributed by atoms with Gasteiger partial charge in [0.05, 0.1) is 8.66 Å². The molecule has 1 aromatic heterocycles. The van der Waals surface area contributed by atoms with Crippen LogP contribution in [0.15, 0.2) is 15.9 Å². The SMILES string of the molecule is CCCCC(=O)N1CCCN(C(=O)c2ccc(Br)s2)CC1. The molecule has 1 aromatic rings. The summed E-state index contributed by atoms with van der Waals surface area (Å²) in [5, 5.41) is 0. The molecule has 1 fully saturated rings. The molecule has 0 aliphatic carbocycles. The van der Waals surface area contributed by atoms with Crippen LogP contribution in [0.25, 0.3) is 0 Å². The van der Waals surface area contributed by atoms with Gasteiger partial charge in [-0.1, -0.05) is 13.3 Å². The van der Waals surface area contributed by atoms with E-state index < -0.39 is 0 Å². The summed E-state index contributed by atoms with van der Waals surface area (Å²) >= 11 is 4.85. The third-order valence-electron chi connectivity index (χ3n) is 3.66. The van der Waals surface area contributed by atoms with Gasteiger partial charge >= 0.3 is 0 Å². The fraction of sp³-hybridized carbons (Fsp3) is 0.600. The number of halogens is 1. The topological polar surface area (TPSA) is 40.6 Å². The van der Waals surface area contributed by atoms with Crippen LogP contribution in [0, 0.1) is 0 Å². The first-order valence-electron chi connectivity index (χ1n) is 7.44. The lowest BCUT2D eigenvalue weighted by Gasteiger charge is -2.21. The van der Waals surface area contributed by atoms with Gasteiger partial charge in [-0.05, 0) is 40.9 Å². The predicted octanol–water partition coefficient (Wildman–Crippen LogP) is 3.38. The predicted molar refractivity (Wildman–Crippen MR) is 88.6 cm³/mol. The van der Waals surface area contributed by atoms with Crippen LogP contribution in [0.3, 0.4) is 0 Å². The summed E-state index contributed by atoms with van der Waals surface area (Å²) in [7, 11) is 0. The number of amides is 2. The molecule has 0 spiro atoms. The van der Waals surface area contributed by atoms with Crippen molar-refractivity contribution in [2.24, 2.45) is 0 Å². The van der Waals surface area contributed by atoms with Crippen molar-refractivity contribution < 1.29 is 9.59 Å². The van der Waals surface area contributed by atoms with E-state index in [1.54, 1.807) is 0 Å². The maximum Gasteiger partial charge on any atom is 0.264 e. The van der Waals surface area contributed by atoms with E-state index in [4.69, 9.17) is 0 Å². The Morgan fingerprint density at radius 2 is 1.90 bits per heavy atom. The Kier molecular flexibility index (Phi) is 6.23. The first-order valence-corrected chi connectivity index (χ1v) is 9.05. The molecule has 4 nitrogen and oxygen atoms in total. The number of hydrogen-bond acceptors (Lipinski definition) is 3. The van der Waals surface area contributed by atoms with Crippen molar-refractivity contribution in [1.82, 2.24) is 9.80 Å². The molecule has 0 N–H and O–H groups in total. The van der Waals surface area contributed by atoms with Gasteiger partial charge in [-0.3, -0.25) is 9.59 Å². The Morgan fingerprint density at radius 1 is 1.19 bits per heavy atom. The summed E-state index contributed by atoms with van der Waals surface area (Å²) < 4.78 is 0.969. The molecule has 1 aliphatic rings. The van der Waals surface area contributed by atoms with Gasteiger partial charge in [-0.2, -0.15) is 0 Å². The van der Waals surface area contributed by atoms with Crippen LogP contribution in [0.4, 0.5) is 0 Å². The van der Waals surface area contributed by atoms with Crippen molar-refractivity contribution >= 4 is 39.1 Å². The molecular formula is C15H21BrN2O2S. The number of nitrogens with zero attached hydrogens (tertiary/aromatic N) is 2. The van der Waals surface area contributed by atoms with Gasteiger partial charge in [0, 0.05) is 32.6 Å². The molecule has 1 aliphatic heterocycles. The zero-order valence-corrected chi connectivity index (χ0v) is 14.7. The highest BCUT2D eigenvalue weighted by Crippen LogP contribution is 2.23. The maximum atomic E-state index is 12.4. The van der Waals surface area contributed by atoms with Gasteiger partial charge in [-0.15, -0.1) is 11.3 Å². The van der Waals surface area contributed by atoms with Gasteiger partial charge < -0.3 is 9.80 Å². The Labute approximate surface area is 138 Å². The van der Waals surface area contributed by atoms with Gasteiger partial charge in [0.15, 0.2) is 0 Å². The number of unbranched alkanes of at least 4 members (excludes halogenated alkanes) is 1. The quantitative estimate of drug-likeness (QED) is 0.812. The first-order chi connectivity index (χ1) is 10.1.